The number of sulfonamides is 1. The predicted octanol–water partition coefficient (Wildman–Crippen LogP) is 1.74. The maximum atomic E-state index is 12.3. The molecule has 1 unspecified atom stereocenters. The van der Waals surface area contributed by atoms with E-state index in [1.165, 1.54) is 48.5 Å². The molecule has 0 radical (unpaired) electrons. The molecule has 27 heavy (non-hydrogen) atoms. The molecule has 0 aromatic heterocycles. The van der Waals surface area contributed by atoms with Gasteiger partial charge in [-0.1, -0.05) is 15.9 Å². The van der Waals surface area contributed by atoms with E-state index in [4.69, 9.17) is 4.74 Å². The molecule has 0 heterocycles. The average Bonchev–Trinajstić information content (AvgIpc) is 2.64. The van der Waals surface area contributed by atoms with Crippen molar-refractivity contribution in [1.29, 1.82) is 0 Å². The minimum absolute atomic E-state index is 0.0766. The fraction of sp³-hybridized carbons (Fsp3) is 0.188. The second-order valence-corrected chi connectivity index (χ2v) is 7.97. The number of rotatable bonds is 8. The highest BCUT2D eigenvalue weighted by molar-refractivity contribution is 9.10. The summed E-state index contributed by atoms with van der Waals surface area (Å²) in [6, 6.07) is 9.55. The first-order valence-electron chi connectivity index (χ1n) is 7.51. The summed E-state index contributed by atoms with van der Waals surface area (Å²) in [7, 11) is -4.04. The van der Waals surface area contributed by atoms with Crippen molar-refractivity contribution in [2.24, 2.45) is 0 Å². The zero-order chi connectivity index (χ0) is 20.0. The number of nitro groups is 1. The maximum Gasteiger partial charge on any atom is 0.326 e. The third kappa shape index (κ3) is 5.82. The fourth-order valence-electron chi connectivity index (χ4n) is 2.00. The molecule has 2 aromatic rings. The Labute approximate surface area is 163 Å². The topological polar surface area (TPSA) is 136 Å². The van der Waals surface area contributed by atoms with Crippen molar-refractivity contribution in [3.8, 4) is 0 Å². The third-order valence-electron chi connectivity index (χ3n) is 3.42. The summed E-state index contributed by atoms with van der Waals surface area (Å²) in [6.45, 7) is -1.03. The summed E-state index contributed by atoms with van der Waals surface area (Å²) in [5.41, 5.74) is 0.363. The van der Waals surface area contributed by atoms with Crippen molar-refractivity contribution < 1.29 is 28.0 Å². The molecular formula is C16H15BrN2O7S. The van der Waals surface area contributed by atoms with Crippen LogP contribution in [-0.4, -0.2) is 37.1 Å². The number of aliphatic hydroxyl groups excluding tert-OH is 1. The van der Waals surface area contributed by atoms with Crippen LogP contribution in [0.1, 0.15) is 5.56 Å². The number of non-ortho nitro benzene ring substituents is 1. The fourth-order valence-corrected chi connectivity index (χ4v) is 3.44. The monoisotopic (exact) mass is 458 g/mol. The lowest BCUT2D eigenvalue weighted by Crippen LogP contribution is -2.44. The molecule has 0 fully saturated rings. The van der Waals surface area contributed by atoms with Gasteiger partial charge < -0.3 is 9.84 Å². The number of hydrogen-bond donors (Lipinski definition) is 2. The molecule has 144 valence electrons. The quantitative estimate of drug-likeness (QED) is 0.349. The Kier molecular flexibility index (Phi) is 7.02. The number of carbonyl (C=O) groups excluding carboxylic acids is 1. The van der Waals surface area contributed by atoms with Gasteiger partial charge in [0.25, 0.3) is 5.69 Å². The van der Waals surface area contributed by atoms with Gasteiger partial charge in [-0.05, 0) is 42.0 Å². The Bertz CT molecular complexity index is 915. The summed E-state index contributed by atoms with van der Waals surface area (Å²) in [4.78, 5) is 22.0. The second kappa shape index (κ2) is 9.04. The van der Waals surface area contributed by atoms with Crippen LogP contribution >= 0.6 is 15.9 Å². The lowest BCUT2D eigenvalue weighted by atomic mass is 10.2. The molecule has 2 rings (SSSR count). The third-order valence-corrected chi connectivity index (χ3v) is 5.43. The molecule has 0 saturated heterocycles. The van der Waals surface area contributed by atoms with Crippen LogP contribution in [0, 0.1) is 10.1 Å². The van der Waals surface area contributed by atoms with Gasteiger partial charge in [-0.3, -0.25) is 14.9 Å². The Morgan fingerprint density at radius 2 is 1.78 bits per heavy atom. The largest absolute Gasteiger partial charge is 0.460 e. The molecule has 0 aliphatic heterocycles. The number of esters is 1. The number of nitrogens with one attached hydrogen (secondary N) is 1. The first kappa shape index (κ1) is 21.0. The number of nitro benzene ring substituents is 1. The number of benzene rings is 2. The number of ether oxygens (including phenoxy) is 1. The number of aliphatic hydroxyl groups is 1. The lowest BCUT2D eigenvalue weighted by Gasteiger charge is -2.15. The normalized spacial score (nSPS) is 12.4. The second-order valence-electron chi connectivity index (χ2n) is 5.34. The SMILES string of the molecule is O=C(OCc1ccc([N+](=O)[O-])cc1)C(CO)NS(=O)(=O)c1ccc(Br)cc1. The first-order valence-corrected chi connectivity index (χ1v) is 9.79. The van der Waals surface area contributed by atoms with Gasteiger partial charge in [-0.2, -0.15) is 4.72 Å². The zero-order valence-corrected chi connectivity index (χ0v) is 16.1. The van der Waals surface area contributed by atoms with Gasteiger partial charge in [0, 0.05) is 16.6 Å². The number of halogens is 1. The molecule has 0 amide bonds. The Morgan fingerprint density at radius 1 is 1.19 bits per heavy atom. The van der Waals surface area contributed by atoms with Gasteiger partial charge in [0.2, 0.25) is 10.0 Å². The molecule has 2 aromatic carbocycles. The van der Waals surface area contributed by atoms with E-state index < -0.39 is 33.6 Å². The van der Waals surface area contributed by atoms with E-state index in [0.717, 1.165) is 0 Å². The van der Waals surface area contributed by atoms with E-state index in [1.54, 1.807) is 0 Å². The average molecular weight is 459 g/mol. The predicted molar refractivity (Wildman–Crippen MR) is 98.2 cm³/mol. The first-order chi connectivity index (χ1) is 12.7. The summed E-state index contributed by atoms with van der Waals surface area (Å²) in [5, 5.41) is 19.9. The van der Waals surface area contributed by atoms with Crippen molar-refractivity contribution in [2.75, 3.05) is 6.61 Å². The van der Waals surface area contributed by atoms with Crippen LogP contribution in [0.4, 0.5) is 5.69 Å². The van der Waals surface area contributed by atoms with Crippen molar-refractivity contribution in [3.05, 3.63) is 68.7 Å². The minimum Gasteiger partial charge on any atom is -0.460 e. The maximum absolute atomic E-state index is 12.3. The van der Waals surface area contributed by atoms with Gasteiger partial charge in [0.05, 0.1) is 16.4 Å². The summed E-state index contributed by atoms with van der Waals surface area (Å²) >= 11 is 3.19. The van der Waals surface area contributed by atoms with E-state index in [1.807, 2.05) is 0 Å². The molecule has 9 nitrogen and oxygen atoms in total. The van der Waals surface area contributed by atoms with Crippen LogP contribution in [0.15, 0.2) is 57.9 Å². The summed E-state index contributed by atoms with van der Waals surface area (Å²) in [5.74, 6) is -0.975. The van der Waals surface area contributed by atoms with Gasteiger partial charge in [0.15, 0.2) is 0 Å². The Hall–Kier alpha value is -2.34. The molecule has 11 heteroatoms. The number of hydrogen-bond acceptors (Lipinski definition) is 7. The van der Waals surface area contributed by atoms with Crippen LogP contribution in [0.5, 0.6) is 0 Å². The molecular weight excluding hydrogens is 444 g/mol. The molecule has 0 aliphatic rings. The standard InChI is InChI=1S/C16H15BrN2O7S/c17-12-3-7-14(8-4-12)27(24,25)18-15(9-20)16(21)26-10-11-1-5-13(6-2-11)19(22)23/h1-8,15,18,20H,9-10H2. The number of carbonyl (C=O) groups is 1. The molecule has 0 bridgehead atoms. The van der Waals surface area contributed by atoms with Crippen LogP contribution in [-0.2, 0) is 26.2 Å². The highest BCUT2D eigenvalue weighted by Gasteiger charge is 2.26. The molecule has 1 atom stereocenters. The minimum atomic E-state index is -4.04. The molecule has 0 aliphatic carbocycles. The van der Waals surface area contributed by atoms with Crippen molar-refractivity contribution >= 4 is 37.6 Å². The van der Waals surface area contributed by atoms with Crippen LogP contribution in [0.25, 0.3) is 0 Å². The van der Waals surface area contributed by atoms with Gasteiger partial charge in [-0.15, -0.1) is 0 Å². The van der Waals surface area contributed by atoms with E-state index in [2.05, 4.69) is 20.7 Å². The van der Waals surface area contributed by atoms with Crippen LogP contribution < -0.4 is 4.72 Å². The highest BCUT2D eigenvalue weighted by Crippen LogP contribution is 2.16. The Morgan fingerprint density at radius 3 is 2.30 bits per heavy atom. The zero-order valence-electron chi connectivity index (χ0n) is 13.7. The van der Waals surface area contributed by atoms with Crippen molar-refractivity contribution in [3.63, 3.8) is 0 Å². The van der Waals surface area contributed by atoms with Gasteiger partial charge in [-0.25, -0.2) is 8.42 Å². The molecule has 2 N–H and O–H groups in total. The van der Waals surface area contributed by atoms with Crippen LogP contribution in [0.3, 0.4) is 0 Å². The van der Waals surface area contributed by atoms with E-state index >= 15 is 0 Å². The van der Waals surface area contributed by atoms with Crippen molar-refractivity contribution in [2.45, 2.75) is 17.5 Å². The van der Waals surface area contributed by atoms with E-state index in [0.29, 0.717) is 10.0 Å². The van der Waals surface area contributed by atoms with E-state index in [9.17, 15) is 28.4 Å². The molecule has 0 saturated carbocycles. The number of nitrogens with zero attached hydrogens (tertiary/aromatic N) is 1. The lowest BCUT2D eigenvalue weighted by molar-refractivity contribution is -0.384. The Balaban J connectivity index is 2.00. The van der Waals surface area contributed by atoms with Crippen molar-refractivity contribution in [1.82, 2.24) is 4.72 Å². The highest BCUT2D eigenvalue weighted by atomic mass is 79.9. The van der Waals surface area contributed by atoms with Crippen LogP contribution in [0.2, 0.25) is 0 Å². The van der Waals surface area contributed by atoms with E-state index in [-0.39, 0.29) is 17.2 Å². The van der Waals surface area contributed by atoms with Gasteiger partial charge >= 0.3 is 5.97 Å². The van der Waals surface area contributed by atoms with Gasteiger partial charge in [0.1, 0.15) is 12.6 Å². The summed E-state index contributed by atoms with van der Waals surface area (Å²) < 4.78 is 32.3. The smallest absolute Gasteiger partial charge is 0.326 e. The molecule has 0 spiro atoms. The summed E-state index contributed by atoms with van der Waals surface area (Å²) in [6.07, 6.45) is 0.